The molecule has 0 bridgehead atoms. The van der Waals surface area contributed by atoms with Crippen LogP contribution in [0.15, 0.2) is 0 Å². The van der Waals surface area contributed by atoms with E-state index in [0.717, 1.165) is 13.2 Å². The van der Waals surface area contributed by atoms with Gasteiger partial charge in [0.1, 0.15) is 0 Å². The van der Waals surface area contributed by atoms with E-state index in [0.29, 0.717) is 0 Å². The van der Waals surface area contributed by atoms with E-state index >= 15 is 0 Å². The van der Waals surface area contributed by atoms with Crippen molar-refractivity contribution in [3.63, 3.8) is 0 Å². The molecule has 1 atom stereocenters. The molecule has 0 saturated carbocycles. The van der Waals surface area contributed by atoms with Gasteiger partial charge in [-0.05, 0) is 12.1 Å². The predicted molar refractivity (Wildman–Crippen MR) is 64.4 cm³/mol. The molecule has 3 heteroatoms. The Hall–Kier alpha value is 0.137. The maximum absolute atomic E-state index is 5.88. The van der Waals surface area contributed by atoms with Crippen LogP contribution >= 0.6 is 0 Å². The van der Waals surface area contributed by atoms with Crippen molar-refractivity contribution in [3.05, 3.63) is 0 Å². The average molecular weight is 218 g/mol. The van der Waals surface area contributed by atoms with Crippen molar-refractivity contribution in [1.29, 1.82) is 0 Å². The first-order valence-corrected chi connectivity index (χ1v) is 8.06. The molecule has 0 aliphatic carbocycles. The smallest absolute Gasteiger partial charge is 0.177 e. The van der Waals surface area contributed by atoms with E-state index in [1.165, 1.54) is 37.8 Å². The third kappa shape index (κ3) is 8.72. The van der Waals surface area contributed by atoms with Crippen LogP contribution < -0.4 is 0 Å². The summed E-state index contributed by atoms with van der Waals surface area (Å²) in [4.78, 5) is 0. The fraction of sp³-hybridized carbons (Fsp3) is 1.00. The van der Waals surface area contributed by atoms with Crippen LogP contribution in [0.3, 0.4) is 0 Å². The van der Waals surface area contributed by atoms with Gasteiger partial charge < -0.3 is 9.16 Å². The Kier molecular flexibility index (Phi) is 11.3. The van der Waals surface area contributed by atoms with Gasteiger partial charge in [0.2, 0.25) is 0 Å². The van der Waals surface area contributed by atoms with Crippen molar-refractivity contribution >= 4 is 9.04 Å². The average Bonchev–Trinajstić information content (AvgIpc) is 2.18. The fourth-order valence-electron chi connectivity index (χ4n) is 1.55. The quantitative estimate of drug-likeness (QED) is 0.414. The summed E-state index contributed by atoms with van der Waals surface area (Å²) in [6.07, 6.45) is 5.31. The van der Waals surface area contributed by atoms with E-state index in [2.05, 4.69) is 13.8 Å². The van der Waals surface area contributed by atoms with E-state index < -0.39 is 9.04 Å². The monoisotopic (exact) mass is 218 g/mol. The second-order valence-electron chi connectivity index (χ2n) is 3.77. The highest BCUT2D eigenvalue weighted by Gasteiger charge is 2.09. The van der Waals surface area contributed by atoms with Gasteiger partial charge in [-0.15, -0.1) is 0 Å². The standard InChI is InChI=1S/C11H26O2Si/c1-4-6-7-11-14(10-5-2)13-9-8-12-3/h14H,4-11H2,1-3H3. The van der Waals surface area contributed by atoms with Gasteiger partial charge in [-0.25, -0.2) is 0 Å². The summed E-state index contributed by atoms with van der Waals surface area (Å²) in [5.41, 5.74) is 0. The Morgan fingerprint density at radius 3 is 2.29 bits per heavy atom. The number of methoxy groups -OCH3 is 1. The first-order chi connectivity index (χ1) is 6.85. The van der Waals surface area contributed by atoms with Gasteiger partial charge in [0.25, 0.3) is 0 Å². The number of rotatable bonds is 10. The Morgan fingerprint density at radius 2 is 1.71 bits per heavy atom. The van der Waals surface area contributed by atoms with Crippen LogP contribution in [-0.4, -0.2) is 29.4 Å². The van der Waals surface area contributed by atoms with E-state index in [9.17, 15) is 0 Å². The van der Waals surface area contributed by atoms with E-state index in [-0.39, 0.29) is 0 Å². The van der Waals surface area contributed by atoms with Crippen molar-refractivity contribution in [2.24, 2.45) is 0 Å². The molecule has 0 aliphatic rings. The molecule has 86 valence electrons. The molecule has 0 heterocycles. The molecule has 1 unspecified atom stereocenters. The van der Waals surface area contributed by atoms with E-state index in [1.54, 1.807) is 7.11 Å². The minimum atomic E-state index is -0.877. The molecular formula is C11H26O2Si. The van der Waals surface area contributed by atoms with Crippen LogP contribution in [0.2, 0.25) is 12.1 Å². The van der Waals surface area contributed by atoms with Gasteiger partial charge in [-0.1, -0.05) is 39.5 Å². The molecular weight excluding hydrogens is 192 g/mol. The van der Waals surface area contributed by atoms with Crippen LogP contribution in [0, 0.1) is 0 Å². The first-order valence-electron chi connectivity index (χ1n) is 5.95. The lowest BCUT2D eigenvalue weighted by molar-refractivity contribution is 0.145. The topological polar surface area (TPSA) is 18.5 Å². The molecule has 0 amide bonds. The summed E-state index contributed by atoms with van der Waals surface area (Å²) in [6, 6.07) is 2.68. The molecule has 0 aromatic heterocycles. The Bertz CT molecular complexity index is 99.5. The van der Waals surface area contributed by atoms with E-state index in [1.807, 2.05) is 0 Å². The van der Waals surface area contributed by atoms with Gasteiger partial charge >= 0.3 is 0 Å². The lowest BCUT2D eigenvalue weighted by atomic mass is 10.3. The van der Waals surface area contributed by atoms with Crippen molar-refractivity contribution in [3.8, 4) is 0 Å². The minimum Gasteiger partial charge on any atom is -0.418 e. The highest BCUT2D eigenvalue weighted by Crippen LogP contribution is 2.10. The van der Waals surface area contributed by atoms with Crippen LogP contribution in [-0.2, 0) is 9.16 Å². The Morgan fingerprint density at radius 1 is 0.929 bits per heavy atom. The molecule has 0 aromatic rings. The summed E-state index contributed by atoms with van der Waals surface area (Å²) < 4.78 is 10.9. The van der Waals surface area contributed by atoms with Gasteiger partial charge in [0, 0.05) is 7.11 Å². The van der Waals surface area contributed by atoms with Gasteiger partial charge in [0.05, 0.1) is 13.2 Å². The SMILES string of the molecule is CCCCC[SiH](CCC)OCCOC. The molecule has 0 radical (unpaired) electrons. The van der Waals surface area contributed by atoms with Crippen molar-refractivity contribution in [2.75, 3.05) is 20.3 Å². The van der Waals surface area contributed by atoms with Crippen LogP contribution in [0.4, 0.5) is 0 Å². The summed E-state index contributed by atoms with van der Waals surface area (Å²) in [6.45, 7) is 6.06. The molecule has 0 rings (SSSR count). The lowest BCUT2D eigenvalue weighted by Crippen LogP contribution is -2.20. The highest BCUT2D eigenvalue weighted by atomic mass is 28.3. The summed E-state index contributed by atoms with van der Waals surface area (Å²) >= 11 is 0. The fourth-order valence-corrected chi connectivity index (χ4v) is 3.99. The van der Waals surface area contributed by atoms with Crippen molar-refractivity contribution in [2.45, 2.75) is 51.6 Å². The Balaban J connectivity index is 3.44. The molecule has 0 aliphatic heterocycles. The third-order valence-electron chi connectivity index (χ3n) is 2.38. The Labute approximate surface area is 90.7 Å². The molecule has 0 N–H and O–H groups in total. The second kappa shape index (κ2) is 11.2. The van der Waals surface area contributed by atoms with Gasteiger partial charge in [-0.2, -0.15) is 0 Å². The third-order valence-corrected chi connectivity index (χ3v) is 5.36. The zero-order chi connectivity index (χ0) is 10.6. The molecule has 0 fully saturated rings. The van der Waals surface area contributed by atoms with Crippen molar-refractivity contribution < 1.29 is 9.16 Å². The lowest BCUT2D eigenvalue weighted by Gasteiger charge is -2.14. The summed E-state index contributed by atoms with van der Waals surface area (Å²) in [7, 11) is 0.856. The van der Waals surface area contributed by atoms with Crippen LogP contribution in [0.5, 0.6) is 0 Å². The van der Waals surface area contributed by atoms with Crippen LogP contribution in [0.1, 0.15) is 39.5 Å². The zero-order valence-corrected chi connectivity index (χ0v) is 11.2. The molecule has 2 nitrogen and oxygen atoms in total. The van der Waals surface area contributed by atoms with Gasteiger partial charge in [0.15, 0.2) is 9.04 Å². The first kappa shape index (κ1) is 14.1. The number of ether oxygens (including phenoxy) is 1. The number of hydrogen-bond acceptors (Lipinski definition) is 2. The highest BCUT2D eigenvalue weighted by molar-refractivity contribution is 6.51. The molecule has 0 aromatic carbocycles. The minimum absolute atomic E-state index is 0.751. The van der Waals surface area contributed by atoms with Crippen molar-refractivity contribution in [1.82, 2.24) is 0 Å². The second-order valence-corrected chi connectivity index (χ2v) is 6.50. The summed E-state index contributed by atoms with van der Waals surface area (Å²) in [5, 5.41) is 0. The maximum atomic E-state index is 5.88. The maximum Gasteiger partial charge on any atom is 0.177 e. The molecule has 0 spiro atoms. The molecule has 0 saturated heterocycles. The number of hydrogen-bond donors (Lipinski definition) is 0. The predicted octanol–water partition coefficient (Wildman–Crippen LogP) is 2.97. The van der Waals surface area contributed by atoms with Gasteiger partial charge in [-0.3, -0.25) is 0 Å². The van der Waals surface area contributed by atoms with E-state index in [4.69, 9.17) is 9.16 Å². The molecule has 14 heavy (non-hydrogen) atoms. The normalized spacial score (nSPS) is 13.1. The zero-order valence-electron chi connectivity index (χ0n) is 10.1. The van der Waals surface area contributed by atoms with Crippen LogP contribution in [0.25, 0.3) is 0 Å². The largest absolute Gasteiger partial charge is 0.418 e. The summed E-state index contributed by atoms with van der Waals surface area (Å²) in [5.74, 6) is 0. The number of unbranched alkanes of at least 4 members (excludes halogenated alkanes) is 2.